The summed E-state index contributed by atoms with van der Waals surface area (Å²) in [7, 11) is -3.58. The maximum Gasteiger partial charge on any atom is 0.264 e. The Balaban J connectivity index is 1.91. The van der Waals surface area contributed by atoms with Crippen LogP contribution < -0.4 is 4.72 Å². The summed E-state index contributed by atoms with van der Waals surface area (Å²) in [5, 5.41) is 0.459. The fourth-order valence-electron chi connectivity index (χ4n) is 2.07. The normalized spacial score (nSPS) is 14.4. The van der Waals surface area contributed by atoms with Crippen LogP contribution >= 0.6 is 27.3 Å². The van der Waals surface area contributed by atoms with Crippen LogP contribution in [0.15, 0.2) is 33.6 Å². The van der Waals surface area contributed by atoms with Gasteiger partial charge in [0, 0.05) is 9.35 Å². The fourth-order valence-corrected chi connectivity index (χ4v) is 5.36. The lowest BCUT2D eigenvalue weighted by Crippen LogP contribution is -2.13. The van der Waals surface area contributed by atoms with Gasteiger partial charge in [-0.2, -0.15) is 0 Å². The van der Waals surface area contributed by atoms with Crippen LogP contribution in [-0.4, -0.2) is 13.4 Å². The van der Waals surface area contributed by atoms with Crippen molar-refractivity contribution in [3.63, 3.8) is 0 Å². The van der Waals surface area contributed by atoms with Gasteiger partial charge in [-0.25, -0.2) is 13.4 Å². The Labute approximate surface area is 124 Å². The van der Waals surface area contributed by atoms with Crippen LogP contribution in [0.5, 0.6) is 0 Å². The molecule has 4 nitrogen and oxygen atoms in total. The number of halogens is 1. The molecule has 0 radical (unpaired) electrons. The predicted molar refractivity (Wildman–Crippen MR) is 79.1 cm³/mol. The van der Waals surface area contributed by atoms with Crippen LogP contribution in [0, 0.1) is 0 Å². The number of aromatic nitrogens is 1. The van der Waals surface area contributed by atoms with Crippen LogP contribution in [0.3, 0.4) is 0 Å². The zero-order chi connectivity index (χ0) is 13.5. The van der Waals surface area contributed by atoms with Gasteiger partial charge in [-0.3, -0.25) is 4.72 Å². The van der Waals surface area contributed by atoms with Crippen LogP contribution in [0.1, 0.15) is 17.0 Å². The molecule has 0 atom stereocenters. The van der Waals surface area contributed by atoms with Gasteiger partial charge < -0.3 is 0 Å². The highest BCUT2D eigenvalue weighted by atomic mass is 79.9. The summed E-state index contributed by atoms with van der Waals surface area (Å²) >= 11 is 4.69. The highest BCUT2D eigenvalue weighted by Gasteiger charge is 2.22. The number of sulfonamides is 1. The van der Waals surface area contributed by atoms with Gasteiger partial charge in [-0.15, -0.1) is 11.3 Å². The van der Waals surface area contributed by atoms with Gasteiger partial charge in [0.1, 0.15) is 4.90 Å². The van der Waals surface area contributed by atoms with E-state index in [2.05, 4.69) is 25.6 Å². The van der Waals surface area contributed by atoms with Crippen molar-refractivity contribution in [2.45, 2.75) is 24.2 Å². The van der Waals surface area contributed by atoms with E-state index in [-0.39, 0.29) is 4.90 Å². The first-order chi connectivity index (χ1) is 9.06. The zero-order valence-electron chi connectivity index (χ0n) is 9.89. The highest BCUT2D eigenvalue weighted by molar-refractivity contribution is 9.10. The number of hydrogen-bond acceptors (Lipinski definition) is 4. The number of fused-ring (bicyclic) bond motifs is 1. The standard InChI is InChI=1S/C12H11BrN2O2S2/c13-8-4-1-2-7-11(8)19(16,17)15-12-14-9-5-3-6-10(9)18-12/h1-2,4,7H,3,5-6H2,(H,14,15). The molecule has 0 unspecified atom stereocenters. The monoisotopic (exact) mass is 358 g/mol. The number of nitrogens with one attached hydrogen (secondary N) is 1. The van der Waals surface area contributed by atoms with Gasteiger partial charge in [0.2, 0.25) is 0 Å². The van der Waals surface area contributed by atoms with E-state index < -0.39 is 10.0 Å². The van der Waals surface area contributed by atoms with Crippen LogP contribution in [0.4, 0.5) is 5.13 Å². The molecule has 0 saturated heterocycles. The number of anilines is 1. The second-order valence-corrected chi connectivity index (χ2v) is 7.87. The summed E-state index contributed by atoms with van der Waals surface area (Å²) in [4.78, 5) is 5.77. The number of thiazole rings is 1. The molecule has 0 fully saturated rings. The minimum Gasteiger partial charge on any atom is -0.255 e. The van der Waals surface area contributed by atoms with E-state index in [0.717, 1.165) is 25.0 Å². The molecular weight excluding hydrogens is 348 g/mol. The Morgan fingerprint density at radius 3 is 2.79 bits per heavy atom. The second-order valence-electron chi connectivity index (χ2n) is 4.28. The average molecular weight is 359 g/mol. The van der Waals surface area contributed by atoms with Gasteiger partial charge in [0.05, 0.1) is 5.69 Å². The fraction of sp³-hybridized carbons (Fsp3) is 0.250. The third-order valence-electron chi connectivity index (χ3n) is 2.94. The molecule has 0 spiro atoms. The zero-order valence-corrected chi connectivity index (χ0v) is 13.1. The lowest BCUT2D eigenvalue weighted by Gasteiger charge is -2.06. The summed E-state index contributed by atoms with van der Waals surface area (Å²) in [5.41, 5.74) is 1.04. The van der Waals surface area contributed by atoms with Gasteiger partial charge >= 0.3 is 0 Å². The van der Waals surface area contributed by atoms with Crippen molar-refractivity contribution in [2.24, 2.45) is 0 Å². The maximum absolute atomic E-state index is 12.3. The summed E-state index contributed by atoms with van der Waals surface area (Å²) in [6.07, 6.45) is 3.07. The summed E-state index contributed by atoms with van der Waals surface area (Å²) in [6.45, 7) is 0. The van der Waals surface area contributed by atoms with Crippen molar-refractivity contribution < 1.29 is 8.42 Å². The molecule has 1 heterocycles. The minimum absolute atomic E-state index is 0.227. The molecule has 1 aromatic heterocycles. The number of nitrogens with zero attached hydrogens (tertiary/aromatic N) is 1. The van der Waals surface area contributed by atoms with Crippen molar-refractivity contribution in [3.8, 4) is 0 Å². The lowest BCUT2D eigenvalue weighted by molar-refractivity contribution is 0.600. The Morgan fingerprint density at radius 2 is 2.05 bits per heavy atom. The molecule has 0 bridgehead atoms. The van der Waals surface area contributed by atoms with E-state index >= 15 is 0 Å². The SMILES string of the molecule is O=S(=O)(Nc1nc2c(s1)CCC2)c1ccccc1Br. The Hall–Kier alpha value is -0.920. The van der Waals surface area contributed by atoms with Crippen molar-refractivity contribution >= 4 is 42.4 Å². The van der Waals surface area contributed by atoms with Crippen molar-refractivity contribution in [1.82, 2.24) is 4.98 Å². The van der Waals surface area contributed by atoms with Crippen molar-refractivity contribution in [1.29, 1.82) is 0 Å². The van der Waals surface area contributed by atoms with E-state index in [1.54, 1.807) is 24.3 Å². The second kappa shape index (κ2) is 4.88. The van der Waals surface area contributed by atoms with Gasteiger partial charge in [0.15, 0.2) is 5.13 Å². The molecule has 1 aliphatic rings. The summed E-state index contributed by atoms with van der Waals surface area (Å²) in [5.74, 6) is 0. The Kier molecular flexibility index (Phi) is 3.36. The first-order valence-electron chi connectivity index (χ1n) is 5.82. The van der Waals surface area contributed by atoms with E-state index in [1.165, 1.54) is 16.2 Å². The lowest BCUT2D eigenvalue weighted by atomic mass is 10.4. The van der Waals surface area contributed by atoms with Crippen LogP contribution in [0.25, 0.3) is 0 Å². The Bertz CT molecular complexity index is 704. The number of hydrogen-bond donors (Lipinski definition) is 1. The third-order valence-corrected chi connectivity index (χ3v) is 6.50. The summed E-state index contributed by atoms with van der Waals surface area (Å²) < 4.78 is 27.7. The predicted octanol–water partition coefficient (Wildman–Crippen LogP) is 3.20. The summed E-state index contributed by atoms with van der Waals surface area (Å²) in [6, 6.07) is 6.74. The molecule has 1 N–H and O–H groups in total. The molecule has 19 heavy (non-hydrogen) atoms. The molecule has 1 aliphatic carbocycles. The molecular formula is C12H11BrN2O2S2. The van der Waals surface area contributed by atoms with Gasteiger partial charge in [0.25, 0.3) is 10.0 Å². The smallest absolute Gasteiger partial charge is 0.255 e. The van der Waals surface area contributed by atoms with Gasteiger partial charge in [-0.05, 0) is 47.3 Å². The topological polar surface area (TPSA) is 59.1 Å². The molecule has 7 heteroatoms. The van der Waals surface area contributed by atoms with Crippen LogP contribution in [-0.2, 0) is 22.9 Å². The van der Waals surface area contributed by atoms with Crippen LogP contribution in [0.2, 0.25) is 0 Å². The first kappa shape index (κ1) is 13.1. The van der Waals surface area contributed by atoms with E-state index in [4.69, 9.17) is 0 Å². The quantitative estimate of drug-likeness (QED) is 0.916. The van der Waals surface area contributed by atoms with Gasteiger partial charge in [-0.1, -0.05) is 12.1 Å². The third kappa shape index (κ3) is 2.54. The number of aryl methyl sites for hydroxylation is 2. The minimum atomic E-state index is -3.58. The maximum atomic E-state index is 12.3. The molecule has 1 aromatic carbocycles. The largest absolute Gasteiger partial charge is 0.264 e. The van der Waals surface area contributed by atoms with E-state index in [0.29, 0.717) is 9.60 Å². The molecule has 0 aliphatic heterocycles. The molecule has 3 rings (SSSR count). The average Bonchev–Trinajstić information content (AvgIpc) is 2.89. The first-order valence-corrected chi connectivity index (χ1v) is 8.91. The van der Waals surface area contributed by atoms with Crippen molar-refractivity contribution in [3.05, 3.63) is 39.3 Å². The number of rotatable bonds is 3. The number of benzene rings is 1. The van der Waals surface area contributed by atoms with E-state index in [9.17, 15) is 8.42 Å². The molecule has 2 aromatic rings. The molecule has 100 valence electrons. The molecule has 0 amide bonds. The molecule has 0 saturated carbocycles. The van der Waals surface area contributed by atoms with E-state index in [1.807, 2.05) is 0 Å². The Morgan fingerprint density at radius 1 is 1.26 bits per heavy atom. The highest BCUT2D eigenvalue weighted by Crippen LogP contribution is 2.32. The van der Waals surface area contributed by atoms with Crippen molar-refractivity contribution in [2.75, 3.05) is 4.72 Å².